The average molecular weight is 692 g/mol. The van der Waals surface area contributed by atoms with Crippen molar-refractivity contribution in [1.82, 2.24) is 10.2 Å². The van der Waals surface area contributed by atoms with Crippen LogP contribution in [0.1, 0.15) is 37.5 Å². The molecule has 0 bridgehead atoms. The van der Waals surface area contributed by atoms with E-state index in [1.54, 1.807) is 48.5 Å². The fourth-order valence-electron chi connectivity index (χ4n) is 5.16. The molecule has 0 aliphatic rings. The van der Waals surface area contributed by atoms with Crippen LogP contribution >= 0.6 is 11.6 Å². The summed E-state index contributed by atoms with van der Waals surface area (Å²) in [5, 5.41) is 3.43. The molecule has 0 radical (unpaired) electrons. The number of aryl methyl sites for hydroxylation is 1. The number of methoxy groups -OCH3 is 2. The molecule has 0 saturated heterocycles. The lowest BCUT2D eigenvalue weighted by molar-refractivity contribution is -0.140. The molecule has 0 fully saturated rings. The fourth-order valence-corrected chi connectivity index (χ4v) is 6.77. The van der Waals surface area contributed by atoms with Crippen molar-refractivity contribution in [1.29, 1.82) is 0 Å². The molecule has 2 amide bonds. The van der Waals surface area contributed by atoms with Gasteiger partial charge in [-0.25, -0.2) is 8.42 Å². The Bertz CT molecular complexity index is 1830. The highest BCUT2D eigenvalue weighted by Gasteiger charge is 2.36. The molecule has 4 aromatic carbocycles. The number of anilines is 1. The molecule has 4 rings (SSSR count). The molecule has 0 aromatic heterocycles. The van der Waals surface area contributed by atoms with E-state index in [-0.39, 0.29) is 29.3 Å². The van der Waals surface area contributed by atoms with Gasteiger partial charge in [0.2, 0.25) is 11.8 Å². The van der Waals surface area contributed by atoms with Crippen LogP contribution < -0.4 is 19.1 Å². The van der Waals surface area contributed by atoms with Gasteiger partial charge in [0.05, 0.1) is 24.8 Å². The SMILES string of the molecule is COc1ccc(OC)c(N(CC(=O)N(Cc2ccccc2Cl)C(Cc2ccccc2)C(=O)NC(C)(C)C)S(=O)(=O)c2ccc(C)cc2)c1. The van der Waals surface area contributed by atoms with Crippen molar-refractivity contribution < 1.29 is 27.5 Å². The Balaban J connectivity index is 1.89. The molecule has 11 heteroatoms. The minimum atomic E-state index is -4.35. The number of sulfonamides is 1. The van der Waals surface area contributed by atoms with E-state index in [0.29, 0.717) is 16.3 Å². The highest BCUT2D eigenvalue weighted by Crippen LogP contribution is 2.36. The number of halogens is 1. The van der Waals surface area contributed by atoms with Crippen molar-refractivity contribution in [3.05, 3.63) is 119 Å². The maximum atomic E-state index is 14.8. The number of ether oxygens (including phenoxy) is 2. The summed E-state index contributed by atoms with van der Waals surface area (Å²) in [5.74, 6) is -0.441. The van der Waals surface area contributed by atoms with E-state index in [0.717, 1.165) is 15.4 Å². The third kappa shape index (κ3) is 9.08. The molecule has 0 heterocycles. The van der Waals surface area contributed by atoms with E-state index in [4.69, 9.17) is 21.1 Å². The number of rotatable bonds is 13. The van der Waals surface area contributed by atoms with Gasteiger partial charge in [0, 0.05) is 29.6 Å². The van der Waals surface area contributed by atoms with Crippen LogP contribution in [0.3, 0.4) is 0 Å². The Hall–Kier alpha value is -4.54. The number of carbonyl (C=O) groups is 2. The number of benzene rings is 4. The zero-order chi connectivity index (χ0) is 35.1. The maximum absolute atomic E-state index is 14.8. The normalized spacial score (nSPS) is 12.1. The third-order valence-corrected chi connectivity index (χ3v) is 9.75. The lowest BCUT2D eigenvalue weighted by atomic mass is 10.0. The Morgan fingerprint density at radius 1 is 0.875 bits per heavy atom. The van der Waals surface area contributed by atoms with Gasteiger partial charge >= 0.3 is 0 Å². The number of hydrogen-bond acceptors (Lipinski definition) is 6. The molecule has 0 aliphatic carbocycles. The largest absolute Gasteiger partial charge is 0.497 e. The monoisotopic (exact) mass is 691 g/mol. The first-order chi connectivity index (χ1) is 22.7. The maximum Gasteiger partial charge on any atom is 0.264 e. The topological polar surface area (TPSA) is 105 Å². The van der Waals surface area contributed by atoms with Gasteiger partial charge in [-0.3, -0.25) is 13.9 Å². The number of hydrogen-bond donors (Lipinski definition) is 1. The molecule has 1 unspecified atom stereocenters. The van der Waals surface area contributed by atoms with E-state index >= 15 is 0 Å². The van der Waals surface area contributed by atoms with Gasteiger partial charge in [-0.05, 0) is 69.2 Å². The second-order valence-corrected chi connectivity index (χ2v) is 14.7. The number of nitrogens with one attached hydrogen (secondary N) is 1. The second-order valence-electron chi connectivity index (χ2n) is 12.4. The van der Waals surface area contributed by atoms with Gasteiger partial charge < -0.3 is 19.7 Å². The molecular weight excluding hydrogens is 650 g/mol. The quantitative estimate of drug-likeness (QED) is 0.174. The van der Waals surface area contributed by atoms with Crippen LogP contribution in [0.15, 0.2) is 102 Å². The summed E-state index contributed by atoms with van der Waals surface area (Å²) in [6, 6.07) is 26.4. The van der Waals surface area contributed by atoms with Crippen LogP contribution in [0.4, 0.5) is 5.69 Å². The zero-order valence-electron chi connectivity index (χ0n) is 28.1. The highest BCUT2D eigenvalue weighted by atomic mass is 35.5. The molecule has 4 aromatic rings. The van der Waals surface area contributed by atoms with Crippen LogP contribution in [0.5, 0.6) is 11.5 Å². The average Bonchev–Trinajstić information content (AvgIpc) is 3.05. The third-order valence-electron chi connectivity index (χ3n) is 7.61. The predicted octanol–water partition coefficient (Wildman–Crippen LogP) is 6.42. The Labute approximate surface area is 288 Å². The van der Waals surface area contributed by atoms with Crippen LogP contribution in [0.2, 0.25) is 5.02 Å². The lowest BCUT2D eigenvalue weighted by Crippen LogP contribution is -2.56. The van der Waals surface area contributed by atoms with Crippen LogP contribution in [0, 0.1) is 6.92 Å². The van der Waals surface area contributed by atoms with Gasteiger partial charge in [-0.15, -0.1) is 0 Å². The summed E-state index contributed by atoms with van der Waals surface area (Å²) >= 11 is 6.59. The number of amides is 2. The first kappa shape index (κ1) is 36.3. The highest BCUT2D eigenvalue weighted by molar-refractivity contribution is 7.92. The van der Waals surface area contributed by atoms with E-state index in [9.17, 15) is 18.0 Å². The molecular formula is C37H42ClN3O6S. The summed E-state index contributed by atoms with van der Waals surface area (Å²) < 4.78 is 40.9. The van der Waals surface area contributed by atoms with E-state index < -0.39 is 40.0 Å². The molecule has 9 nitrogen and oxygen atoms in total. The van der Waals surface area contributed by atoms with Crippen LogP contribution in [-0.4, -0.2) is 57.5 Å². The van der Waals surface area contributed by atoms with Crippen LogP contribution in [-0.2, 0) is 32.6 Å². The Morgan fingerprint density at radius 3 is 2.12 bits per heavy atom. The molecule has 0 aliphatic heterocycles. The molecule has 1 atom stereocenters. The zero-order valence-corrected chi connectivity index (χ0v) is 29.6. The predicted molar refractivity (Wildman–Crippen MR) is 189 cm³/mol. The van der Waals surface area contributed by atoms with Gasteiger partial charge in [0.25, 0.3) is 10.0 Å². The standard InChI is InChI=1S/C37H42ClN3O6S/c1-26-16-19-30(20-17-26)48(44,45)41(32-23-29(46-5)18-21-34(32)47-6)25-35(42)40(24-28-14-10-11-15-31(28)38)33(36(43)39-37(2,3)4)22-27-12-8-7-9-13-27/h7-21,23,33H,22,24-25H2,1-6H3,(H,39,43). The van der Waals surface area contributed by atoms with Crippen molar-refractivity contribution in [2.75, 3.05) is 25.1 Å². The van der Waals surface area contributed by atoms with E-state index in [1.807, 2.05) is 58.0 Å². The molecule has 0 spiro atoms. The summed E-state index contributed by atoms with van der Waals surface area (Å²) in [4.78, 5) is 30.2. The van der Waals surface area contributed by atoms with Crippen molar-refractivity contribution in [2.24, 2.45) is 0 Å². The Morgan fingerprint density at radius 2 is 1.52 bits per heavy atom. The second kappa shape index (κ2) is 15.6. The van der Waals surface area contributed by atoms with E-state index in [2.05, 4.69) is 5.32 Å². The number of nitrogens with zero attached hydrogens (tertiary/aromatic N) is 2. The van der Waals surface area contributed by atoms with Crippen molar-refractivity contribution in [3.63, 3.8) is 0 Å². The molecule has 48 heavy (non-hydrogen) atoms. The van der Waals surface area contributed by atoms with E-state index in [1.165, 1.54) is 37.3 Å². The summed E-state index contributed by atoms with van der Waals surface area (Å²) in [6.45, 7) is 6.71. The number of carbonyl (C=O) groups excluding carboxylic acids is 2. The smallest absolute Gasteiger partial charge is 0.264 e. The van der Waals surface area contributed by atoms with Gasteiger partial charge in [0.15, 0.2) is 0 Å². The van der Waals surface area contributed by atoms with Crippen LogP contribution in [0.25, 0.3) is 0 Å². The minimum absolute atomic E-state index is 0.0188. The van der Waals surface area contributed by atoms with Gasteiger partial charge in [0.1, 0.15) is 24.1 Å². The Kier molecular flexibility index (Phi) is 11.8. The minimum Gasteiger partial charge on any atom is -0.497 e. The summed E-state index contributed by atoms with van der Waals surface area (Å²) in [7, 11) is -1.47. The first-order valence-electron chi connectivity index (χ1n) is 15.4. The lowest BCUT2D eigenvalue weighted by Gasteiger charge is -2.35. The van der Waals surface area contributed by atoms with Crippen molar-refractivity contribution >= 4 is 39.1 Å². The molecule has 1 N–H and O–H groups in total. The summed E-state index contributed by atoms with van der Waals surface area (Å²) in [6.07, 6.45) is 0.173. The molecule has 0 saturated carbocycles. The van der Waals surface area contributed by atoms with Gasteiger partial charge in [-0.2, -0.15) is 0 Å². The van der Waals surface area contributed by atoms with Crippen molar-refractivity contribution in [2.45, 2.75) is 57.1 Å². The van der Waals surface area contributed by atoms with Crippen molar-refractivity contribution in [3.8, 4) is 11.5 Å². The fraction of sp³-hybridized carbons (Fsp3) is 0.297. The first-order valence-corrected chi connectivity index (χ1v) is 17.3. The summed E-state index contributed by atoms with van der Waals surface area (Å²) in [5.41, 5.74) is 1.78. The molecule has 254 valence electrons. The van der Waals surface area contributed by atoms with Gasteiger partial charge in [-0.1, -0.05) is 77.8 Å².